The van der Waals surface area contributed by atoms with Crippen molar-refractivity contribution in [1.29, 1.82) is 0 Å². The molecule has 0 bridgehead atoms. The van der Waals surface area contributed by atoms with Crippen LogP contribution in [0.2, 0.25) is 0 Å². The van der Waals surface area contributed by atoms with Crippen molar-refractivity contribution < 1.29 is 9.53 Å². The predicted molar refractivity (Wildman–Crippen MR) is 97.2 cm³/mol. The third-order valence-electron chi connectivity index (χ3n) is 4.11. The first-order chi connectivity index (χ1) is 12.2. The zero-order chi connectivity index (χ0) is 17.6. The molecule has 1 atom stereocenters. The summed E-state index contributed by atoms with van der Waals surface area (Å²) >= 11 is 0. The van der Waals surface area contributed by atoms with Gasteiger partial charge in [-0.2, -0.15) is 5.10 Å². The van der Waals surface area contributed by atoms with Crippen molar-refractivity contribution in [2.75, 3.05) is 13.7 Å². The van der Waals surface area contributed by atoms with E-state index in [9.17, 15) is 4.79 Å². The molecule has 1 N–H and O–H groups in total. The summed E-state index contributed by atoms with van der Waals surface area (Å²) in [5.41, 5.74) is 3.45. The quantitative estimate of drug-likeness (QED) is 0.752. The van der Waals surface area contributed by atoms with Crippen molar-refractivity contribution in [3.05, 3.63) is 78.1 Å². The van der Waals surface area contributed by atoms with E-state index in [-0.39, 0.29) is 11.9 Å². The topological polar surface area (TPSA) is 56.1 Å². The van der Waals surface area contributed by atoms with Gasteiger partial charge < -0.3 is 10.1 Å². The summed E-state index contributed by atoms with van der Waals surface area (Å²) in [5, 5.41) is 7.24. The summed E-state index contributed by atoms with van der Waals surface area (Å²) in [5.74, 6) is -0.136. The molecule has 1 amide bonds. The first-order valence-corrected chi connectivity index (χ1v) is 8.13. The molecule has 0 saturated carbocycles. The van der Waals surface area contributed by atoms with Crippen LogP contribution in [0.1, 0.15) is 22.1 Å². The van der Waals surface area contributed by atoms with Crippen LogP contribution in [0.4, 0.5) is 0 Å². The van der Waals surface area contributed by atoms with Gasteiger partial charge in [0.25, 0.3) is 5.91 Å². The highest BCUT2D eigenvalue weighted by molar-refractivity contribution is 6.01. The van der Waals surface area contributed by atoms with Gasteiger partial charge in [-0.25, -0.2) is 0 Å². The minimum absolute atomic E-state index is 0.136. The molecule has 0 fully saturated rings. The van der Waals surface area contributed by atoms with E-state index >= 15 is 0 Å². The van der Waals surface area contributed by atoms with Crippen LogP contribution in [0.3, 0.4) is 0 Å². The Labute approximate surface area is 147 Å². The highest BCUT2D eigenvalue weighted by Gasteiger charge is 2.20. The summed E-state index contributed by atoms with van der Waals surface area (Å²) in [6.45, 7) is 0.374. The van der Waals surface area contributed by atoms with E-state index in [1.54, 1.807) is 18.0 Å². The maximum Gasteiger partial charge on any atom is 0.252 e. The number of nitrogens with one attached hydrogen (secondary N) is 1. The average Bonchev–Trinajstić information content (AvgIpc) is 3.08. The van der Waals surface area contributed by atoms with Crippen molar-refractivity contribution in [3.63, 3.8) is 0 Å². The van der Waals surface area contributed by atoms with Crippen LogP contribution in [0, 0.1) is 0 Å². The van der Waals surface area contributed by atoms with E-state index in [1.165, 1.54) is 0 Å². The number of amides is 1. The highest BCUT2D eigenvalue weighted by Crippen LogP contribution is 2.24. The molecule has 0 aliphatic heterocycles. The average molecular weight is 335 g/mol. The van der Waals surface area contributed by atoms with Crippen molar-refractivity contribution in [3.8, 4) is 11.1 Å². The predicted octanol–water partition coefficient (Wildman–Crippen LogP) is 3.20. The molecule has 0 aliphatic rings. The molecule has 1 aromatic heterocycles. The molecular formula is C20H21N3O2. The Bertz CT molecular complexity index is 843. The fourth-order valence-electron chi connectivity index (χ4n) is 2.88. The van der Waals surface area contributed by atoms with E-state index in [1.807, 2.05) is 67.7 Å². The van der Waals surface area contributed by atoms with Gasteiger partial charge in [-0.15, -0.1) is 0 Å². The Morgan fingerprint density at radius 3 is 2.52 bits per heavy atom. The summed E-state index contributed by atoms with van der Waals surface area (Å²) in [6.07, 6.45) is 1.71. The van der Waals surface area contributed by atoms with Crippen LogP contribution in [-0.2, 0) is 11.8 Å². The number of methoxy groups -OCH3 is 1. The van der Waals surface area contributed by atoms with Crippen molar-refractivity contribution in [2.24, 2.45) is 7.05 Å². The third kappa shape index (κ3) is 3.78. The largest absolute Gasteiger partial charge is 0.382 e. The summed E-state index contributed by atoms with van der Waals surface area (Å²) in [7, 11) is 3.47. The number of hydrogen-bond donors (Lipinski definition) is 1. The van der Waals surface area contributed by atoms with Gasteiger partial charge in [0.15, 0.2) is 0 Å². The molecule has 0 unspecified atom stereocenters. The van der Waals surface area contributed by atoms with Crippen LogP contribution in [0.15, 0.2) is 66.9 Å². The SMILES string of the molecule is COC[C@@H](NC(=O)c1ccccc1-c1ccccc1)c1ccnn1C. The molecule has 0 saturated heterocycles. The van der Waals surface area contributed by atoms with Gasteiger partial charge in [-0.3, -0.25) is 9.48 Å². The number of hydrogen-bond acceptors (Lipinski definition) is 3. The van der Waals surface area contributed by atoms with Gasteiger partial charge in [0.1, 0.15) is 0 Å². The zero-order valence-corrected chi connectivity index (χ0v) is 14.3. The Hall–Kier alpha value is -2.92. The van der Waals surface area contributed by atoms with E-state index in [0.717, 1.165) is 16.8 Å². The smallest absolute Gasteiger partial charge is 0.252 e. The molecule has 1 heterocycles. The van der Waals surface area contributed by atoms with Gasteiger partial charge in [0, 0.05) is 25.9 Å². The monoisotopic (exact) mass is 335 g/mol. The van der Waals surface area contributed by atoms with Crippen LogP contribution in [0.25, 0.3) is 11.1 Å². The standard InChI is InChI=1S/C20H21N3O2/c1-23-19(12-13-21-23)18(14-25-2)22-20(24)17-11-7-6-10-16(17)15-8-4-3-5-9-15/h3-13,18H,14H2,1-2H3,(H,22,24)/t18-/m1/s1. The Morgan fingerprint density at radius 1 is 1.12 bits per heavy atom. The lowest BCUT2D eigenvalue weighted by molar-refractivity contribution is 0.0893. The molecule has 5 nitrogen and oxygen atoms in total. The van der Waals surface area contributed by atoms with Crippen molar-refractivity contribution >= 4 is 5.91 Å². The summed E-state index contributed by atoms with van der Waals surface area (Å²) < 4.78 is 7.02. The maximum absolute atomic E-state index is 12.9. The van der Waals surface area contributed by atoms with Crippen LogP contribution in [0.5, 0.6) is 0 Å². The summed E-state index contributed by atoms with van der Waals surface area (Å²) in [6, 6.07) is 19.1. The Kier molecular flexibility index (Phi) is 5.26. The van der Waals surface area contributed by atoms with Gasteiger partial charge in [0.05, 0.1) is 18.3 Å². The molecule has 0 spiro atoms. The van der Waals surface area contributed by atoms with Gasteiger partial charge in [0.2, 0.25) is 0 Å². The second kappa shape index (κ2) is 7.77. The second-order valence-electron chi connectivity index (χ2n) is 5.77. The molecule has 2 aromatic carbocycles. The number of carbonyl (C=O) groups is 1. The van der Waals surface area contributed by atoms with Gasteiger partial charge >= 0.3 is 0 Å². The lowest BCUT2D eigenvalue weighted by atomic mass is 9.99. The van der Waals surface area contributed by atoms with E-state index in [0.29, 0.717) is 12.2 Å². The van der Waals surface area contributed by atoms with Gasteiger partial charge in [-0.1, -0.05) is 48.5 Å². The molecule has 0 aliphatic carbocycles. The Morgan fingerprint density at radius 2 is 1.84 bits per heavy atom. The minimum atomic E-state index is -0.270. The number of benzene rings is 2. The van der Waals surface area contributed by atoms with E-state index in [4.69, 9.17) is 4.74 Å². The molecule has 0 radical (unpaired) electrons. The molecular weight excluding hydrogens is 314 g/mol. The highest BCUT2D eigenvalue weighted by atomic mass is 16.5. The lowest BCUT2D eigenvalue weighted by Gasteiger charge is -2.19. The fraction of sp³-hybridized carbons (Fsp3) is 0.200. The van der Waals surface area contributed by atoms with Crippen LogP contribution >= 0.6 is 0 Å². The number of carbonyl (C=O) groups excluding carboxylic acids is 1. The van der Waals surface area contributed by atoms with Crippen LogP contribution in [-0.4, -0.2) is 29.4 Å². The fourth-order valence-corrected chi connectivity index (χ4v) is 2.88. The van der Waals surface area contributed by atoms with E-state index < -0.39 is 0 Å². The third-order valence-corrected chi connectivity index (χ3v) is 4.11. The number of ether oxygens (including phenoxy) is 1. The summed E-state index contributed by atoms with van der Waals surface area (Å²) in [4.78, 5) is 12.9. The van der Waals surface area contributed by atoms with Crippen LogP contribution < -0.4 is 5.32 Å². The lowest BCUT2D eigenvalue weighted by Crippen LogP contribution is -2.33. The van der Waals surface area contributed by atoms with E-state index in [2.05, 4.69) is 10.4 Å². The molecule has 5 heteroatoms. The number of aryl methyl sites for hydroxylation is 1. The number of nitrogens with zero attached hydrogens (tertiary/aromatic N) is 2. The molecule has 3 rings (SSSR count). The maximum atomic E-state index is 12.9. The first-order valence-electron chi connectivity index (χ1n) is 8.13. The molecule has 25 heavy (non-hydrogen) atoms. The number of rotatable bonds is 6. The first kappa shape index (κ1) is 16.9. The Balaban J connectivity index is 1.89. The zero-order valence-electron chi connectivity index (χ0n) is 14.3. The van der Waals surface area contributed by atoms with Crippen molar-refractivity contribution in [2.45, 2.75) is 6.04 Å². The van der Waals surface area contributed by atoms with Gasteiger partial charge in [-0.05, 0) is 23.3 Å². The second-order valence-corrected chi connectivity index (χ2v) is 5.77. The minimum Gasteiger partial charge on any atom is -0.382 e. The number of aromatic nitrogens is 2. The normalized spacial score (nSPS) is 11.9. The van der Waals surface area contributed by atoms with Crippen molar-refractivity contribution in [1.82, 2.24) is 15.1 Å². The molecule has 128 valence electrons. The molecule has 3 aromatic rings.